The van der Waals surface area contributed by atoms with Crippen molar-refractivity contribution in [3.8, 4) is 0 Å². The predicted molar refractivity (Wildman–Crippen MR) is 120 cm³/mol. The first kappa shape index (κ1) is 21.4. The Kier molecular flexibility index (Phi) is 8.40. The SMILES string of the molecule is CCNC(=NCc1csc(N(C)C)n1)NC1CCN(CC2CCCCC2)CC1. The molecule has 6 nitrogen and oxygen atoms in total. The minimum absolute atomic E-state index is 0.521. The first-order chi connectivity index (χ1) is 13.6. The van der Waals surface area contributed by atoms with Crippen LogP contribution in [0.15, 0.2) is 10.4 Å². The van der Waals surface area contributed by atoms with Crippen LogP contribution < -0.4 is 15.5 Å². The van der Waals surface area contributed by atoms with Gasteiger partial charge in [0.25, 0.3) is 0 Å². The third-order valence-electron chi connectivity index (χ3n) is 5.84. The van der Waals surface area contributed by atoms with E-state index in [1.807, 2.05) is 19.0 Å². The topological polar surface area (TPSA) is 55.8 Å². The number of likely N-dealkylation sites (tertiary alicyclic amines) is 1. The van der Waals surface area contributed by atoms with Crippen LogP contribution >= 0.6 is 11.3 Å². The predicted octanol–water partition coefficient (Wildman–Crippen LogP) is 3.31. The zero-order valence-corrected chi connectivity index (χ0v) is 18.7. The molecular weight excluding hydrogens is 368 g/mol. The van der Waals surface area contributed by atoms with Gasteiger partial charge in [0.1, 0.15) is 0 Å². The second kappa shape index (κ2) is 11.0. The lowest BCUT2D eigenvalue weighted by Gasteiger charge is -2.36. The number of aromatic nitrogens is 1. The Morgan fingerprint density at radius 2 is 1.96 bits per heavy atom. The summed E-state index contributed by atoms with van der Waals surface area (Å²) in [6.07, 6.45) is 9.65. The monoisotopic (exact) mass is 406 g/mol. The number of guanidine groups is 1. The second-order valence-corrected chi connectivity index (χ2v) is 9.27. The number of nitrogens with one attached hydrogen (secondary N) is 2. The van der Waals surface area contributed by atoms with Gasteiger partial charge in [-0.15, -0.1) is 11.3 Å². The number of anilines is 1. The Balaban J connectivity index is 1.44. The zero-order chi connectivity index (χ0) is 19.8. The summed E-state index contributed by atoms with van der Waals surface area (Å²) in [6.45, 7) is 7.38. The smallest absolute Gasteiger partial charge is 0.191 e. The third kappa shape index (κ3) is 6.62. The minimum Gasteiger partial charge on any atom is -0.357 e. The largest absolute Gasteiger partial charge is 0.357 e. The van der Waals surface area contributed by atoms with Crippen molar-refractivity contribution in [3.05, 3.63) is 11.1 Å². The van der Waals surface area contributed by atoms with E-state index in [4.69, 9.17) is 4.99 Å². The second-order valence-electron chi connectivity index (χ2n) is 8.43. The number of aliphatic imine (C=N–C) groups is 1. The van der Waals surface area contributed by atoms with Crippen molar-refractivity contribution in [2.24, 2.45) is 10.9 Å². The molecule has 0 aromatic carbocycles. The van der Waals surface area contributed by atoms with Gasteiger partial charge in [0.15, 0.2) is 11.1 Å². The van der Waals surface area contributed by atoms with Crippen LogP contribution in [-0.2, 0) is 6.54 Å². The van der Waals surface area contributed by atoms with Crippen molar-refractivity contribution in [2.45, 2.75) is 64.5 Å². The van der Waals surface area contributed by atoms with Crippen LogP contribution in [-0.4, -0.2) is 62.2 Å². The molecule has 0 bridgehead atoms. The fraction of sp³-hybridized carbons (Fsp3) is 0.810. The van der Waals surface area contributed by atoms with E-state index in [-0.39, 0.29) is 0 Å². The van der Waals surface area contributed by atoms with Gasteiger partial charge in [0, 0.05) is 51.7 Å². The molecule has 0 radical (unpaired) electrons. The Hall–Kier alpha value is -1.34. The summed E-state index contributed by atoms with van der Waals surface area (Å²) in [4.78, 5) is 14.1. The van der Waals surface area contributed by atoms with Crippen molar-refractivity contribution >= 4 is 22.4 Å². The summed E-state index contributed by atoms with van der Waals surface area (Å²) in [5, 5.41) is 10.2. The molecule has 2 aliphatic rings. The first-order valence-corrected chi connectivity index (χ1v) is 11.9. The quantitative estimate of drug-likeness (QED) is 0.537. The van der Waals surface area contributed by atoms with E-state index in [0.29, 0.717) is 12.6 Å². The molecular formula is C21H38N6S. The lowest BCUT2D eigenvalue weighted by Crippen LogP contribution is -2.49. The Morgan fingerprint density at radius 1 is 1.21 bits per heavy atom. The lowest BCUT2D eigenvalue weighted by atomic mass is 9.88. The van der Waals surface area contributed by atoms with Crippen LogP contribution in [0.3, 0.4) is 0 Å². The molecule has 2 N–H and O–H groups in total. The standard InChI is InChI=1S/C21H38N6S/c1-4-22-20(23-14-19-16-28-21(25-19)26(2)3)24-18-10-12-27(13-11-18)15-17-8-6-5-7-9-17/h16-18H,4-15H2,1-3H3,(H2,22,23,24). The Morgan fingerprint density at radius 3 is 2.61 bits per heavy atom. The lowest BCUT2D eigenvalue weighted by molar-refractivity contribution is 0.160. The Bertz CT molecular complexity index is 600. The van der Waals surface area contributed by atoms with E-state index in [0.717, 1.165) is 29.2 Å². The van der Waals surface area contributed by atoms with Crippen LogP contribution in [0, 0.1) is 5.92 Å². The molecule has 1 aromatic heterocycles. The maximum Gasteiger partial charge on any atom is 0.191 e. The molecule has 1 aliphatic heterocycles. The van der Waals surface area contributed by atoms with Crippen molar-refractivity contribution < 1.29 is 0 Å². The highest BCUT2D eigenvalue weighted by Crippen LogP contribution is 2.25. The normalized spacial score (nSPS) is 20.3. The van der Waals surface area contributed by atoms with Gasteiger partial charge in [0.05, 0.1) is 12.2 Å². The molecule has 3 rings (SSSR count). The summed E-state index contributed by atoms with van der Waals surface area (Å²) in [6, 6.07) is 0.521. The zero-order valence-electron chi connectivity index (χ0n) is 17.9. The van der Waals surface area contributed by atoms with Crippen molar-refractivity contribution in [1.29, 1.82) is 0 Å². The average molecular weight is 407 g/mol. The highest BCUT2D eigenvalue weighted by atomic mass is 32.1. The minimum atomic E-state index is 0.521. The molecule has 2 fully saturated rings. The number of hydrogen-bond donors (Lipinski definition) is 2. The summed E-state index contributed by atoms with van der Waals surface area (Å²) in [5.74, 6) is 1.87. The van der Waals surface area contributed by atoms with Gasteiger partial charge in [-0.2, -0.15) is 0 Å². The van der Waals surface area contributed by atoms with E-state index in [9.17, 15) is 0 Å². The molecule has 0 amide bonds. The van der Waals surface area contributed by atoms with Gasteiger partial charge in [-0.3, -0.25) is 0 Å². The molecule has 1 saturated carbocycles. The molecule has 0 spiro atoms. The van der Waals surface area contributed by atoms with Gasteiger partial charge < -0.3 is 20.4 Å². The Labute approximate surface area is 174 Å². The highest BCUT2D eigenvalue weighted by Gasteiger charge is 2.23. The average Bonchev–Trinajstić information content (AvgIpc) is 3.18. The van der Waals surface area contributed by atoms with E-state index < -0.39 is 0 Å². The van der Waals surface area contributed by atoms with Crippen molar-refractivity contribution in [2.75, 3.05) is 45.2 Å². The van der Waals surface area contributed by atoms with Crippen LogP contribution in [0.5, 0.6) is 0 Å². The number of piperidine rings is 1. The highest BCUT2D eigenvalue weighted by molar-refractivity contribution is 7.13. The van der Waals surface area contributed by atoms with Crippen LogP contribution in [0.4, 0.5) is 5.13 Å². The van der Waals surface area contributed by atoms with Gasteiger partial charge >= 0.3 is 0 Å². The van der Waals surface area contributed by atoms with Crippen LogP contribution in [0.2, 0.25) is 0 Å². The van der Waals surface area contributed by atoms with E-state index in [1.165, 1.54) is 64.6 Å². The summed E-state index contributed by atoms with van der Waals surface area (Å²) >= 11 is 1.67. The molecule has 7 heteroatoms. The fourth-order valence-corrected chi connectivity index (χ4v) is 4.99. The molecule has 2 heterocycles. The number of nitrogens with zero attached hydrogens (tertiary/aromatic N) is 4. The van der Waals surface area contributed by atoms with E-state index in [1.54, 1.807) is 11.3 Å². The summed E-state index contributed by atoms with van der Waals surface area (Å²) < 4.78 is 0. The number of thiazole rings is 1. The first-order valence-electron chi connectivity index (χ1n) is 11.0. The molecule has 158 valence electrons. The van der Waals surface area contributed by atoms with Crippen molar-refractivity contribution in [1.82, 2.24) is 20.5 Å². The van der Waals surface area contributed by atoms with Gasteiger partial charge in [0.2, 0.25) is 0 Å². The number of rotatable bonds is 7. The van der Waals surface area contributed by atoms with Crippen LogP contribution in [0.1, 0.15) is 57.6 Å². The molecule has 1 aliphatic carbocycles. The fourth-order valence-electron chi connectivity index (χ4n) is 4.24. The van der Waals surface area contributed by atoms with Crippen LogP contribution in [0.25, 0.3) is 0 Å². The van der Waals surface area contributed by atoms with Gasteiger partial charge in [-0.05, 0) is 38.5 Å². The molecule has 1 aromatic rings. The van der Waals surface area contributed by atoms with Gasteiger partial charge in [-0.25, -0.2) is 9.98 Å². The number of hydrogen-bond acceptors (Lipinski definition) is 5. The summed E-state index contributed by atoms with van der Waals surface area (Å²) in [7, 11) is 4.05. The van der Waals surface area contributed by atoms with Crippen molar-refractivity contribution in [3.63, 3.8) is 0 Å². The summed E-state index contributed by atoms with van der Waals surface area (Å²) in [5.41, 5.74) is 1.04. The maximum atomic E-state index is 4.77. The third-order valence-corrected chi connectivity index (χ3v) is 6.89. The van der Waals surface area contributed by atoms with Gasteiger partial charge in [-0.1, -0.05) is 19.3 Å². The van der Waals surface area contributed by atoms with E-state index >= 15 is 0 Å². The molecule has 1 saturated heterocycles. The molecule has 28 heavy (non-hydrogen) atoms. The molecule has 0 unspecified atom stereocenters. The molecule has 0 atom stereocenters. The van der Waals surface area contributed by atoms with E-state index in [2.05, 4.69) is 32.8 Å². The maximum absolute atomic E-state index is 4.77.